The fraction of sp³-hybridized carbons (Fsp3) is 0.368. The number of hydrogen-bond acceptors (Lipinski definition) is 2. The Morgan fingerprint density at radius 2 is 1.76 bits per heavy atom. The van der Waals surface area contributed by atoms with Gasteiger partial charge in [-0.05, 0) is 48.9 Å². The van der Waals surface area contributed by atoms with E-state index in [1.807, 2.05) is 0 Å². The van der Waals surface area contributed by atoms with Gasteiger partial charge in [-0.2, -0.15) is 0 Å². The minimum Gasteiger partial charge on any atom is -0.456 e. The summed E-state index contributed by atoms with van der Waals surface area (Å²) in [5.41, 5.74) is 7.25. The largest absolute Gasteiger partial charge is 0.456 e. The summed E-state index contributed by atoms with van der Waals surface area (Å²) in [7, 11) is 0. The Morgan fingerprint density at radius 1 is 0.905 bits per heavy atom. The van der Waals surface area contributed by atoms with Gasteiger partial charge in [0.05, 0.1) is 0 Å². The van der Waals surface area contributed by atoms with E-state index in [-0.39, 0.29) is 0 Å². The van der Waals surface area contributed by atoms with E-state index < -0.39 is 0 Å². The number of benzene rings is 2. The van der Waals surface area contributed by atoms with Crippen molar-refractivity contribution in [3.05, 3.63) is 52.6 Å². The minimum absolute atomic E-state index is 1.02. The number of aryl methyl sites for hydroxylation is 1. The van der Waals surface area contributed by atoms with E-state index in [4.69, 9.17) is 4.74 Å². The third kappa shape index (κ3) is 1.65. The van der Waals surface area contributed by atoms with Crippen molar-refractivity contribution >= 4 is 5.69 Å². The monoisotopic (exact) mass is 277 g/mol. The van der Waals surface area contributed by atoms with E-state index in [1.165, 1.54) is 66.9 Å². The first-order valence-electron chi connectivity index (χ1n) is 8.08. The first-order valence-corrected chi connectivity index (χ1v) is 8.08. The van der Waals surface area contributed by atoms with Crippen LogP contribution in [0.2, 0.25) is 0 Å². The third-order valence-electron chi connectivity index (χ3n) is 5.11. The molecular weight excluding hydrogens is 258 g/mol. The second-order valence-corrected chi connectivity index (χ2v) is 6.43. The summed E-state index contributed by atoms with van der Waals surface area (Å²) < 4.78 is 6.32. The van der Waals surface area contributed by atoms with Crippen molar-refractivity contribution in [3.8, 4) is 11.5 Å². The van der Waals surface area contributed by atoms with Crippen molar-refractivity contribution in [2.75, 3.05) is 18.0 Å². The van der Waals surface area contributed by atoms with Gasteiger partial charge in [0.1, 0.15) is 11.5 Å². The standard InChI is InChI=1S/C19H19NO/c1-2-8-17-13(5-1)11-15-12-14-6-3-9-20-10-4-7-16(18(14)20)19(15)21-17/h1-2,5,8,12H,3-4,6-7,9-11H2. The van der Waals surface area contributed by atoms with Gasteiger partial charge in [0.2, 0.25) is 0 Å². The number of para-hydroxylation sites is 1. The van der Waals surface area contributed by atoms with Crippen LogP contribution < -0.4 is 9.64 Å². The smallest absolute Gasteiger partial charge is 0.136 e. The van der Waals surface area contributed by atoms with Crippen LogP contribution >= 0.6 is 0 Å². The van der Waals surface area contributed by atoms with E-state index in [9.17, 15) is 0 Å². The van der Waals surface area contributed by atoms with E-state index in [1.54, 1.807) is 5.56 Å². The fourth-order valence-electron chi connectivity index (χ4n) is 4.22. The summed E-state index contributed by atoms with van der Waals surface area (Å²) >= 11 is 0. The second kappa shape index (κ2) is 4.27. The highest BCUT2D eigenvalue weighted by atomic mass is 16.5. The van der Waals surface area contributed by atoms with Crippen LogP contribution in [-0.4, -0.2) is 13.1 Å². The van der Waals surface area contributed by atoms with Crippen molar-refractivity contribution in [2.45, 2.75) is 32.1 Å². The Hall–Kier alpha value is -1.96. The Bertz CT molecular complexity index is 733. The van der Waals surface area contributed by atoms with Crippen molar-refractivity contribution in [3.63, 3.8) is 0 Å². The Balaban J connectivity index is 1.72. The molecule has 0 fully saturated rings. The molecule has 0 atom stereocenters. The Labute approximate surface area is 125 Å². The first-order chi connectivity index (χ1) is 10.4. The molecular formula is C19H19NO. The molecule has 0 spiro atoms. The molecule has 0 saturated carbocycles. The molecule has 2 aromatic rings. The number of hydrogen-bond donors (Lipinski definition) is 0. The van der Waals surface area contributed by atoms with Crippen molar-refractivity contribution in [1.82, 2.24) is 0 Å². The van der Waals surface area contributed by atoms with E-state index >= 15 is 0 Å². The lowest BCUT2D eigenvalue weighted by Crippen LogP contribution is -2.35. The highest BCUT2D eigenvalue weighted by Gasteiger charge is 2.30. The molecule has 3 heterocycles. The van der Waals surface area contributed by atoms with Crippen LogP contribution in [0.5, 0.6) is 11.5 Å². The molecule has 0 aromatic heterocycles. The lowest BCUT2D eigenvalue weighted by atomic mass is 9.86. The summed E-state index contributed by atoms with van der Waals surface area (Å²) in [6.07, 6.45) is 5.97. The average Bonchev–Trinajstić information content (AvgIpc) is 2.54. The van der Waals surface area contributed by atoms with Gasteiger partial charge < -0.3 is 9.64 Å². The zero-order valence-corrected chi connectivity index (χ0v) is 12.2. The number of anilines is 1. The zero-order valence-electron chi connectivity index (χ0n) is 12.2. The van der Waals surface area contributed by atoms with Gasteiger partial charge in [-0.25, -0.2) is 0 Å². The summed E-state index contributed by atoms with van der Waals surface area (Å²) in [5, 5.41) is 0. The molecule has 0 aliphatic carbocycles. The lowest BCUT2D eigenvalue weighted by molar-refractivity contribution is 0.449. The van der Waals surface area contributed by atoms with Gasteiger partial charge >= 0.3 is 0 Å². The van der Waals surface area contributed by atoms with Gasteiger partial charge in [-0.3, -0.25) is 0 Å². The van der Waals surface area contributed by atoms with Crippen LogP contribution in [0.4, 0.5) is 5.69 Å². The van der Waals surface area contributed by atoms with Crippen LogP contribution in [0.3, 0.4) is 0 Å². The number of fused-ring (bicyclic) bond motifs is 3. The van der Waals surface area contributed by atoms with Gasteiger partial charge in [0.15, 0.2) is 0 Å². The zero-order chi connectivity index (χ0) is 13.8. The molecule has 3 aliphatic heterocycles. The fourth-order valence-corrected chi connectivity index (χ4v) is 4.22. The van der Waals surface area contributed by atoms with Gasteiger partial charge in [0.25, 0.3) is 0 Å². The molecule has 21 heavy (non-hydrogen) atoms. The minimum atomic E-state index is 1.02. The van der Waals surface area contributed by atoms with Crippen LogP contribution in [0.25, 0.3) is 0 Å². The van der Waals surface area contributed by atoms with Crippen molar-refractivity contribution in [1.29, 1.82) is 0 Å². The predicted molar refractivity (Wildman–Crippen MR) is 84.6 cm³/mol. The van der Waals surface area contributed by atoms with Crippen molar-refractivity contribution < 1.29 is 4.74 Å². The van der Waals surface area contributed by atoms with E-state index in [0.717, 1.165) is 12.2 Å². The summed E-state index contributed by atoms with van der Waals surface area (Å²) in [5.74, 6) is 2.22. The molecule has 2 nitrogen and oxygen atoms in total. The Morgan fingerprint density at radius 3 is 2.71 bits per heavy atom. The maximum absolute atomic E-state index is 6.32. The van der Waals surface area contributed by atoms with Crippen LogP contribution in [0, 0.1) is 0 Å². The maximum Gasteiger partial charge on any atom is 0.136 e. The van der Waals surface area contributed by atoms with Crippen LogP contribution in [0.15, 0.2) is 30.3 Å². The molecule has 5 rings (SSSR count). The normalized spacial score (nSPS) is 18.4. The number of rotatable bonds is 0. The molecule has 2 aromatic carbocycles. The summed E-state index contributed by atoms with van der Waals surface area (Å²) in [6, 6.07) is 10.9. The maximum atomic E-state index is 6.32. The van der Waals surface area contributed by atoms with Crippen molar-refractivity contribution in [2.24, 2.45) is 0 Å². The predicted octanol–water partition coefficient (Wildman–Crippen LogP) is 4.08. The second-order valence-electron chi connectivity index (χ2n) is 6.43. The van der Waals surface area contributed by atoms with Gasteiger partial charge in [-0.15, -0.1) is 0 Å². The lowest BCUT2D eigenvalue weighted by Gasteiger charge is -2.39. The molecule has 106 valence electrons. The van der Waals surface area contributed by atoms with Crippen LogP contribution in [0.1, 0.15) is 35.1 Å². The van der Waals surface area contributed by atoms with Gasteiger partial charge in [0, 0.05) is 36.3 Å². The number of ether oxygens (including phenoxy) is 1. The quantitative estimate of drug-likeness (QED) is 0.614. The van der Waals surface area contributed by atoms with Gasteiger partial charge in [-0.1, -0.05) is 18.2 Å². The first kappa shape index (κ1) is 11.7. The molecule has 3 aliphatic rings. The van der Waals surface area contributed by atoms with Crippen LogP contribution in [-0.2, 0) is 19.3 Å². The molecule has 0 unspecified atom stereocenters. The molecule has 0 radical (unpaired) electrons. The Kier molecular flexibility index (Phi) is 2.37. The summed E-state index contributed by atoms with van der Waals surface area (Å²) in [4.78, 5) is 2.59. The highest BCUT2D eigenvalue weighted by molar-refractivity contribution is 5.71. The SMILES string of the molecule is c1ccc2c(c1)Cc1cc3c4c(c1O2)CCCN4CCC3. The molecule has 0 N–H and O–H groups in total. The molecule has 0 amide bonds. The molecule has 2 heteroatoms. The van der Waals surface area contributed by atoms with E-state index in [2.05, 4.69) is 35.2 Å². The summed E-state index contributed by atoms with van der Waals surface area (Å²) in [6.45, 7) is 2.44. The van der Waals surface area contributed by atoms with E-state index in [0.29, 0.717) is 0 Å². The topological polar surface area (TPSA) is 12.5 Å². The number of nitrogens with zero attached hydrogens (tertiary/aromatic N) is 1. The third-order valence-corrected chi connectivity index (χ3v) is 5.11. The highest BCUT2D eigenvalue weighted by Crippen LogP contribution is 2.47. The average molecular weight is 277 g/mol. The molecule has 0 bridgehead atoms. The molecule has 0 saturated heterocycles.